The molecule has 1 aliphatic heterocycles. The lowest BCUT2D eigenvalue weighted by molar-refractivity contribution is -0.122. The molecule has 2 aliphatic rings. The van der Waals surface area contributed by atoms with Gasteiger partial charge in [-0.05, 0) is 55.7 Å². The van der Waals surface area contributed by atoms with Crippen molar-refractivity contribution in [2.45, 2.75) is 50.6 Å². The minimum absolute atomic E-state index is 0.207. The van der Waals surface area contributed by atoms with Crippen molar-refractivity contribution in [3.8, 4) is 0 Å². The molecule has 1 aromatic rings. The van der Waals surface area contributed by atoms with Crippen LogP contribution in [0.4, 0.5) is 0 Å². The molecule has 2 unspecified atom stereocenters. The van der Waals surface area contributed by atoms with Crippen molar-refractivity contribution < 1.29 is 4.79 Å². The summed E-state index contributed by atoms with van der Waals surface area (Å²) in [6, 6.07) is 2.84. The Hall–Kier alpha value is -0.870. The topological polar surface area (TPSA) is 41.1 Å². The molecule has 4 heteroatoms. The number of hydrogen-bond donors (Lipinski definition) is 2. The van der Waals surface area contributed by atoms with E-state index >= 15 is 0 Å². The van der Waals surface area contributed by atoms with Crippen LogP contribution >= 0.6 is 11.3 Å². The van der Waals surface area contributed by atoms with E-state index in [-0.39, 0.29) is 11.9 Å². The molecule has 2 heterocycles. The van der Waals surface area contributed by atoms with Crippen molar-refractivity contribution >= 4 is 17.2 Å². The number of aryl methyl sites for hydroxylation is 1. The standard InChI is InChI=1S/C14H20N2OS/c17-14(9-10-3-2-7-15-10)16-12-4-1-5-13-11(12)6-8-18-13/h6,8,10,12,15H,1-5,7,9H2,(H,16,17). The number of thiophene rings is 1. The zero-order chi connectivity index (χ0) is 12.4. The first-order chi connectivity index (χ1) is 8.83. The van der Waals surface area contributed by atoms with Crippen molar-refractivity contribution in [1.29, 1.82) is 0 Å². The Morgan fingerprint density at radius 1 is 1.44 bits per heavy atom. The van der Waals surface area contributed by atoms with Crippen LogP contribution < -0.4 is 10.6 Å². The predicted octanol–water partition coefficient (Wildman–Crippen LogP) is 2.38. The maximum atomic E-state index is 12.1. The van der Waals surface area contributed by atoms with Gasteiger partial charge >= 0.3 is 0 Å². The van der Waals surface area contributed by atoms with Gasteiger partial charge in [0.05, 0.1) is 6.04 Å². The summed E-state index contributed by atoms with van der Waals surface area (Å²) < 4.78 is 0. The summed E-state index contributed by atoms with van der Waals surface area (Å²) in [5, 5.41) is 8.74. The molecule has 0 aromatic carbocycles. The number of fused-ring (bicyclic) bond motifs is 1. The third-order valence-corrected chi connectivity index (χ3v) is 4.98. The van der Waals surface area contributed by atoms with Crippen molar-refractivity contribution in [3.05, 3.63) is 21.9 Å². The van der Waals surface area contributed by atoms with E-state index in [9.17, 15) is 4.79 Å². The summed E-state index contributed by atoms with van der Waals surface area (Å²) >= 11 is 1.83. The summed E-state index contributed by atoms with van der Waals surface area (Å²) in [5.74, 6) is 0.207. The number of amides is 1. The fraction of sp³-hybridized carbons (Fsp3) is 0.643. The van der Waals surface area contributed by atoms with Crippen molar-refractivity contribution in [2.75, 3.05) is 6.54 Å². The van der Waals surface area contributed by atoms with E-state index in [2.05, 4.69) is 22.1 Å². The van der Waals surface area contributed by atoms with Gasteiger partial charge in [0.1, 0.15) is 0 Å². The maximum absolute atomic E-state index is 12.1. The third-order valence-electron chi connectivity index (χ3n) is 3.98. The molecule has 0 bridgehead atoms. The Morgan fingerprint density at radius 2 is 2.39 bits per heavy atom. The molecule has 3 rings (SSSR count). The fourth-order valence-electron chi connectivity index (χ4n) is 3.04. The van der Waals surface area contributed by atoms with E-state index in [0.29, 0.717) is 12.5 Å². The number of hydrogen-bond acceptors (Lipinski definition) is 3. The molecule has 0 radical (unpaired) electrons. The molecular weight excluding hydrogens is 244 g/mol. The molecule has 1 amide bonds. The molecule has 1 aliphatic carbocycles. The molecule has 2 atom stereocenters. The average Bonchev–Trinajstić information content (AvgIpc) is 2.99. The highest BCUT2D eigenvalue weighted by atomic mass is 32.1. The van der Waals surface area contributed by atoms with Gasteiger partial charge in [0.15, 0.2) is 0 Å². The summed E-state index contributed by atoms with van der Waals surface area (Å²) in [5.41, 5.74) is 1.36. The minimum Gasteiger partial charge on any atom is -0.349 e. The second kappa shape index (κ2) is 5.41. The van der Waals surface area contributed by atoms with E-state index in [1.807, 2.05) is 11.3 Å². The van der Waals surface area contributed by atoms with E-state index in [1.165, 1.54) is 29.7 Å². The minimum atomic E-state index is 0.207. The number of nitrogens with one attached hydrogen (secondary N) is 2. The number of carbonyl (C=O) groups is 1. The smallest absolute Gasteiger partial charge is 0.222 e. The van der Waals surface area contributed by atoms with Gasteiger partial charge in [-0.2, -0.15) is 0 Å². The van der Waals surface area contributed by atoms with Crippen LogP contribution in [-0.4, -0.2) is 18.5 Å². The summed E-state index contributed by atoms with van der Waals surface area (Å²) in [6.07, 6.45) is 6.45. The zero-order valence-corrected chi connectivity index (χ0v) is 11.4. The lowest BCUT2D eigenvalue weighted by Crippen LogP contribution is -2.35. The highest BCUT2D eigenvalue weighted by molar-refractivity contribution is 7.10. The van der Waals surface area contributed by atoms with Crippen molar-refractivity contribution in [2.24, 2.45) is 0 Å². The summed E-state index contributed by atoms with van der Waals surface area (Å²) in [6.45, 7) is 1.07. The largest absolute Gasteiger partial charge is 0.349 e. The van der Waals surface area contributed by atoms with Gasteiger partial charge in [-0.3, -0.25) is 4.79 Å². The Kier molecular flexibility index (Phi) is 3.66. The van der Waals surface area contributed by atoms with Crippen LogP contribution in [0, 0.1) is 0 Å². The predicted molar refractivity (Wildman–Crippen MR) is 73.8 cm³/mol. The number of carbonyl (C=O) groups excluding carboxylic acids is 1. The Bertz CT molecular complexity index is 423. The highest BCUT2D eigenvalue weighted by Crippen LogP contribution is 2.33. The van der Waals surface area contributed by atoms with Crippen LogP contribution in [0.15, 0.2) is 11.4 Å². The molecule has 1 aromatic heterocycles. The molecule has 0 spiro atoms. The fourth-order valence-corrected chi connectivity index (χ4v) is 4.03. The molecule has 0 saturated carbocycles. The Morgan fingerprint density at radius 3 is 3.22 bits per heavy atom. The first-order valence-corrected chi connectivity index (χ1v) is 7.80. The second-order valence-corrected chi connectivity index (χ2v) is 6.31. The molecule has 98 valence electrons. The van der Waals surface area contributed by atoms with Crippen LogP contribution in [0.3, 0.4) is 0 Å². The van der Waals surface area contributed by atoms with Gasteiger partial charge in [-0.25, -0.2) is 0 Å². The lowest BCUT2D eigenvalue weighted by atomic mass is 9.94. The Balaban J connectivity index is 1.58. The van der Waals surface area contributed by atoms with Crippen LogP contribution in [0.2, 0.25) is 0 Å². The van der Waals surface area contributed by atoms with Gasteiger partial charge < -0.3 is 10.6 Å². The zero-order valence-electron chi connectivity index (χ0n) is 10.6. The van der Waals surface area contributed by atoms with Gasteiger partial charge in [0.2, 0.25) is 5.91 Å². The van der Waals surface area contributed by atoms with E-state index < -0.39 is 0 Å². The van der Waals surface area contributed by atoms with Gasteiger partial charge in [0, 0.05) is 17.3 Å². The molecule has 1 fully saturated rings. The molecule has 1 saturated heterocycles. The van der Waals surface area contributed by atoms with E-state index in [1.54, 1.807) is 0 Å². The number of rotatable bonds is 3. The second-order valence-electron chi connectivity index (χ2n) is 5.31. The van der Waals surface area contributed by atoms with Crippen LogP contribution in [0.5, 0.6) is 0 Å². The molecule has 2 N–H and O–H groups in total. The van der Waals surface area contributed by atoms with E-state index in [4.69, 9.17) is 0 Å². The maximum Gasteiger partial charge on any atom is 0.222 e. The van der Waals surface area contributed by atoms with E-state index in [0.717, 1.165) is 19.4 Å². The molecular formula is C14H20N2OS. The quantitative estimate of drug-likeness (QED) is 0.880. The summed E-state index contributed by atoms with van der Waals surface area (Å²) in [4.78, 5) is 13.5. The van der Waals surface area contributed by atoms with Crippen molar-refractivity contribution in [3.63, 3.8) is 0 Å². The van der Waals surface area contributed by atoms with Crippen LogP contribution in [0.25, 0.3) is 0 Å². The van der Waals surface area contributed by atoms with Crippen LogP contribution in [-0.2, 0) is 11.2 Å². The normalized spacial score (nSPS) is 26.9. The average molecular weight is 264 g/mol. The Labute approximate surface area is 112 Å². The van der Waals surface area contributed by atoms with Crippen molar-refractivity contribution in [1.82, 2.24) is 10.6 Å². The molecule has 18 heavy (non-hydrogen) atoms. The highest BCUT2D eigenvalue weighted by Gasteiger charge is 2.24. The first-order valence-electron chi connectivity index (χ1n) is 6.92. The summed E-state index contributed by atoms with van der Waals surface area (Å²) in [7, 11) is 0. The lowest BCUT2D eigenvalue weighted by Gasteiger charge is -2.24. The first kappa shape index (κ1) is 12.2. The van der Waals surface area contributed by atoms with Gasteiger partial charge in [0.25, 0.3) is 0 Å². The molecule has 3 nitrogen and oxygen atoms in total. The van der Waals surface area contributed by atoms with Gasteiger partial charge in [-0.15, -0.1) is 11.3 Å². The van der Waals surface area contributed by atoms with Crippen LogP contribution in [0.1, 0.15) is 48.6 Å². The SMILES string of the molecule is O=C(CC1CCCN1)NC1CCCc2sccc21. The van der Waals surface area contributed by atoms with Gasteiger partial charge in [-0.1, -0.05) is 0 Å². The monoisotopic (exact) mass is 264 g/mol. The third kappa shape index (κ3) is 2.59.